The molecule has 1 amide bonds. The highest BCUT2D eigenvalue weighted by molar-refractivity contribution is 9.10. The van der Waals surface area contributed by atoms with Gasteiger partial charge in [-0.05, 0) is 18.2 Å². The van der Waals surface area contributed by atoms with Crippen LogP contribution in [0.4, 0.5) is 5.69 Å². The lowest BCUT2D eigenvalue weighted by molar-refractivity contribution is -0.135. The van der Waals surface area contributed by atoms with Gasteiger partial charge in [-0.1, -0.05) is 15.9 Å². The number of anilines is 1. The van der Waals surface area contributed by atoms with Gasteiger partial charge in [-0.3, -0.25) is 4.79 Å². The van der Waals surface area contributed by atoms with Crippen LogP contribution in [-0.4, -0.2) is 24.6 Å². The van der Waals surface area contributed by atoms with E-state index in [-0.39, 0.29) is 6.54 Å². The van der Waals surface area contributed by atoms with Crippen molar-refractivity contribution in [3.8, 4) is 0 Å². The Labute approximate surface area is 95.8 Å². The number of rotatable bonds is 1. The quantitative estimate of drug-likeness (QED) is 0.784. The summed E-state index contributed by atoms with van der Waals surface area (Å²) in [5.41, 5.74) is 5.05. The number of hydrogen-bond acceptors (Lipinski definition) is 3. The minimum atomic E-state index is -1.58. The summed E-state index contributed by atoms with van der Waals surface area (Å²) < 4.78 is 0.816. The molecule has 15 heavy (non-hydrogen) atoms. The van der Waals surface area contributed by atoms with Gasteiger partial charge in [0.1, 0.15) is 0 Å². The van der Waals surface area contributed by atoms with Crippen LogP contribution in [-0.2, 0) is 10.4 Å². The number of nitrogens with zero attached hydrogens (tertiary/aromatic N) is 1. The monoisotopic (exact) mass is 270 g/mol. The van der Waals surface area contributed by atoms with Gasteiger partial charge in [0.05, 0.1) is 6.54 Å². The summed E-state index contributed by atoms with van der Waals surface area (Å²) in [4.78, 5) is 13.1. The lowest BCUT2D eigenvalue weighted by Gasteiger charge is -2.19. The van der Waals surface area contributed by atoms with E-state index in [1.54, 1.807) is 6.07 Å². The van der Waals surface area contributed by atoms with Gasteiger partial charge in [0.2, 0.25) is 0 Å². The summed E-state index contributed by atoms with van der Waals surface area (Å²) in [7, 11) is 1.81. The Bertz CT molecular complexity index is 435. The minimum Gasteiger partial charge on any atom is -0.374 e. The Morgan fingerprint density at radius 1 is 1.67 bits per heavy atom. The van der Waals surface area contributed by atoms with Gasteiger partial charge >= 0.3 is 0 Å². The molecule has 1 aromatic rings. The Balaban J connectivity index is 2.62. The molecule has 5 heteroatoms. The SMILES string of the molecule is CN1CC(O)(C(N)=O)c2cc(Br)ccc21. The summed E-state index contributed by atoms with van der Waals surface area (Å²) in [5.74, 6) is -0.716. The van der Waals surface area contributed by atoms with Crippen molar-refractivity contribution in [2.24, 2.45) is 5.73 Å². The zero-order chi connectivity index (χ0) is 11.2. The molecular formula is C10H11BrN2O2. The lowest BCUT2D eigenvalue weighted by atomic mass is 9.96. The maximum atomic E-state index is 11.3. The number of nitrogens with two attached hydrogens (primary N) is 1. The van der Waals surface area contributed by atoms with Crippen LogP contribution >= 0.6 is 15.9 Å². The van der Waals surface area contributed by atoms with Crippen LogP contribution < -0.4 is 10.6 Å². The molecule has 1 unspecified atom stereocenters. The van der Waals surface area contributed by atoms with Crippen LogP contribution in [0.25, 0.3) is 0 Å². The van der Waals surface area contributed by atoms with Gasteiger partial charge in [0, 0.05) is 22.8 Å². The van der Waals surface area contributed by atoms with Crippen LogP contribution in [0.1, 0.15) is 5.56 Å². The molecule has 0 bridgehead atoms. The van der Waals surface area contributed by atoms with E-state index in [1.165, 1.54) is 0 Å². The number of benzene rings is 1. The van der Waals surface area contributed by atoms with E-state index in [4.69, 9.17) is 5.73 Å². The molecule has 0 spiro atoms. The number of amides is 1. The van der Waals surface area contributed by atoms with Crippen molar-refractivity contribution < 1.29 is 9.90 Å². The van der Waals surface area contributed by atoms with Crippen LogP contribution in [0.3, 0.4) is 0 Å². The Kier molecular flexibility index (Phi) is 2.24. The first-order chi connectivity index (χ1) is 6.95. The first kappa shape index (κ1) is 10.4. The highest BCUT2D eigenvalue weighted by atomic mass is 79.9. The van der Waals surface area contributed by atoms with E-state index in [1.807, 2.05) is 24.1 Å². The maximum absolute atomic E-state index is 11.3. The number of primary amides is 1. The zero-order valence-corrected chi connectivity index (χ0v) is 9.78. The summed E-state index contributed by atoms with van der Waals surface area (Å²) >= 11 is 3.30. The smallest absolute Gasteiger partial charge is 0.256 e. The molecule has 1 aliphatic rings. The first-order valence-corrected chi connectivity index (χ1v) is 5.28. The minimum absolute atomic E-state index is 0.202. The van der Waals surface area contributed by atoms with E-state index in [0.717, 1.165) is 10.2 Å². The fourth-order valence-electron chi connectivity index (χ4n) is 1.90. The summed E-state index contributed by atoms with van der Waals surface area (Å²) in [6, 6.07) is 5.44. The third-order valence-electron chi connectivity index (χ3n) is 2.69. The fraction of sp³-hybridized carbons (Fsp3) is 0.300. The number of aliphatic hydroxyl groups is 1. The summed E-state index contributed by atoms with van der Waals surface area (Å²) in [6.45, 7) is 0.202. The fourth-order valence-corrected chi connectivity index (χ4v) is 2.26. The Morgan fingerprint density at radius 3 is 2.93 bits per heavy atom. The molecule has 80 valence electrons. The van der Waals surface area contributed by atoms with Crippen LogP contribution in [0.15, 0.2) is 22.7 Å². The number of carbonyl (C=O) groups excluding carboxylic acids is 1. The second kappa shape index (κ2) is 3.21. The molecule has 0 saturated heterocycles. The molecule has 1 aromatic carbocycles. The topological polar surface area (TPSA) is 66.6 Å². The summed E-state index contributed by atoms with van der Waals surface area (Å²) in [6.07, 6.45) is 0. The summed E-state index contributed by atoms with van der Waals surface area (Å²) in [5, 5.41) is 10.2. The predicted octanol–water partition coefficient (Wildman–Crippen LogP) is 0.572. The molecular weight excluding hydrogens is 260 g/mol. The van der Waals surface area contributed by atoms with Crippen LogP contribution in [0.2, 0.25) is 0 Å². The largest absolute Gasteiger partial charge is 0.374 e. The highest BCUT2D eigenvalue weighted by Gasteiger charge is 2.44. The molecule has 0 saturated carbocycles. The van der Waals surface area contributed by atoms with E-state index < -0.39 is 11.5 Å². The van der Waals surface area contributed by atoms with E-state index in [2.05, 4.69) is 15.9 Å². The molecule has 3 N–H and O–H groups in total. The zero-order valence-electron chi connectivity index (χ0n) is 8.20. The van der Waals surface area contributed by atoms with E-state index >= 15 is 0 Å². The average molecular weight is 271 g/mol. The number of carbonyl (C=O) groups is 1. The van der Waals surface area contributed by atoms with Crippen LogP contribution in [0.5, 0.6) is 0 Å². The van der Waals surface area contributed by atoms with Gasteiger partial charge in [-0.25, -0.2) is 0 Å². The molecule has 1 heterocycles. The van der Waals surface area contributed by atoms with Crippen molar-refractivity contribution in [2.75, 3.05) is 18.5 Å². The van der Waals surface area contributed by atoms with Crippen molar-refractivity contribution >= 4 is 27.5 Å². The number of likely N-dealkylation sites (N-methyl/N-ethyl adjacent to an activating group) is 1. The van der Waals surface area contributed by atoms with Crippen molar-refractivity contribution in [2.45, 2.75) is 5.60 Å². The third-order valence-corrected chi connectivity index (χ3v) is 3.18. The molecule has 2 rings (SSSR count). The van der Waals surface area contributed by atoms with Gasteiger partial charge in [0.25, 0.3) is 5.91 Å². The molecule has 4 nitrogen and oxygen atoms in total. The number of fused-ring (bicyclic) bond motifs is 1. The second-order valence-electron chi connectivity index (χ2n) is 3.74. The molecule has 1 atom stereocenters. The van der Waals surface area contributed by atoms with E-state index in [9.17, 15) is 9.90 Å². The molecule has 0 aromatic heterocycles. The molecule has 0 radical (unpaired) electrons. The van der Waals surface area contributed by atoms with Gasteiger partial charge in [-0.15, -0.1) is 0 Å². The number of hydrogen-bond donors (Lipinski definition) is 2. The second-order valence-corrected chi connectivity index (χ2v) is 4.66. The number of halogens is 1. The number of β-amino-alcohol motifs (C(OH)–C–C–N with tert-alkyl or cyclic N) is 1. The van der Waals surface area contributed by atoms with Gasteiger partial charge in [0.15, 0.2) is 5.60 Å². The Morgan fingerprint density at radius 2 is 2.33 bits per heavy atom. The first-order valence-electron chi connectivity index (χ1n) is 4.48. The molecule has 0 fully saturated rings. The standard InChI is InChI=1S/C10H11BrN2O2/c1-13-5-10(15,9(12)14)7-4-6(11)2-3-8(7)13/h2-4,15H,5H2,1H3,(H2,12,14). The van der Waals surface area contributed by atoms with Crippen molar-refractivity contribution in [3.05, 3.63) is 28.2 Å². The third kappa shape index (κ3) is 1.42. The van der Waals surface area contributed by atoms with Gasteiger partial charge in [-0.2, -0.15) is 0 Å². The van der Waals surface area contributed by atoms with E-state index in [0.29, 0.717) is 5.56 Å². The maximum Gasteiger partial charge on any atom is 0.256 e. The Hall–Kier alpha value is -1.07. The highest BCUT2D eigenvalue weighted by Crippen LogP contribution is 2.39. The molecule has 1 aliphatic heterocycles. The van der Waals surface area contributed by atoms with Gasteiger partial charge < -0.3 is 15.7 Å². The van der Waals surface area contributed by atoms with Crippen LogP contribution in [0, 0.1) is 0 Å². The predicted molar refractivity (Wildman–Crippen MR) is 60.5 cm³/mol. The normalized spacial score (nSPS) is 24.1. The average Bonchev–Trinajstić information content (AvgIpc) is 2.40. The van der Waals surface area contributed by atoms with Crippen molar-refractivity contribution in [1.29, 1.82) is 0 Å². The van der Waals surface area contributed by atoms with Crippen molar-refractivity contribution in [3.63, 3.8) is 0 Å². The van der Waals surface area contributed by atoms with Crippen molar-refractivity contribution in [1.82, 2.24) is 0 Å². The molecule has 0 aliphatic carbocycles. The lowest BCUT2D eigenvalue weighted by Crippen LogP contribution is -2.44.